The second-order valence-corrected chi connectivity index (χ2v) is 17.7. The van der Waals surface area contributed by atoms with Crippen LogP contribution in [-0.2, 0) is 33.5 Å². The molecule has 1 aromatic heterocycles. The Morgan fingerprint density at radius 2 is 1.46 bits per heavy atom. The van der Waals surface area contributed by atoms with E-state index in [4.69, 9.17) is 13.7 Å². The Balaban J connectivity index is 1.47. The number of hydrogen-bond acceptors (Lipinski definition) is 9. The third kappa shape index (κ3) is 8.21. The number of H-pyrrole nitrogens is 1. The van der Waals surface area contributed by atoms with E-state index in [1.54, 1.807) is 48.5 Å². The molecule has 1 unspecified atom stereocenters. The number of anilines is 2. The number of benzene rings is 5. The summed E-state index contributed by atoms with van der Waals surface area (Å²) in [6, 6.07) is 27.8. The summed E-state index contributed by atoms with van der Waals surface area (Å²) in [4.78, 5) is 31.3. The second-order valence-electron chi connectivity index (χ2n) is 15.6. The van der Waals surface area contributed by atoms with Gasteiger partial charge in [-0.15, -0.1) is 0 Å². The number of aromatic amines is 1. The Morgan fingerprint density at radius 1 is 0.789 bits per heavy atom. The fraction of sp³-hybridized carbons (Fsp3) is 0.209. The van der Waals surface area contributed by atoms with Crippen LogP contribution in [0.1, 0.15) is 68.1 Å². The van der Waals surface area contributed by atoms with Crippen molar-refractivity contribution in [1.82, 2.24) is 4.98 Å². The third-order valence-electron chi connectivity index (χ3n) is 9.66. The van der Waals surface area contributed by atoms with E-state index >= 15 is 0 Å². The average Bonchev–Trinajstić information content (AvgIpc) is 3.13. The van der Waals surface area contributed by atoms with Gasteiger partial charge in [0.25, 0.3) is 15.7 Å². The predicted octanol–water partition coefficient (Wildman–Crippen LogP) is 9.33. The number of fused-ring (bicyclic) bond motifs is 2. The lowest BCUT2D eigenvalue weighted by molar-refractivity contribution is 0.104. The summed E-state index contributed by atoms with van der Waals surface area (Å²) in [5.74, 6) is 0.237. The number of rotatable bonds is 12. The molecule has 6 aromatic rings. The molecule has 294 valence electrons. The number of aromatic nitrogens is 1. The summed E-state index contributed by atoms with van der Waals surface area (Å²) in [7, 11) is -4.48. The van der Waals surface area contributed by atoms with E-state index in [-0.39, 0.29) is 67.7 Å². The quantitative estimate of drug-likeness (QED) is 0.0682. The van der Waals surface area contributed by atoms with Crippen molar-refractivity contribution >= 4 is 49.5 Å². The zero-order chi connectivity index (χ0) is 40.9. The van der Waals surface area contributed by atoms with Crippen LogP contribution in [0.5, 0.6) is 23.0 Å². The molecule has 0 radical (unpaired) electrons. The minimum atomic E-state index is -4.48. The topological polar surface area (TPSA) is 181 Å². The number of ketones is 1. The van der Waals surface area contributed by atoms with E-state index in [0.717, 1.165) is 12.0 Å². The van der Waals surface area contributed by atoms with Crippen LogP contribution in [0.25, 0.3) is 22.0 Å². The first-order valence-corrected chi connectivity index (χ1v) is 20.4. The van der Waals surface area contributed by atoms with Crippen molar-refractivity contribution in [3.63, 3.8) is 0 Å². The molecule has 14 heteroatoms. The van der Waals surface area contributed by atoms with E-state index in [2.05, 4.69) is 44.9 Å². The van der Waals surface area contributed by atoms with E-state index in [1.807, 2.05) is 24.3 Å². The van der Waals surface area contributed by atoms with Crippen LogP contribution in [-0.4, -0.2) is 32.5 Å². The maximum atomic E-state index is 14.5. The minimum Gasteiger partial charge on any atom is -0.489 e. The predicted molar refractivity (Wildman–Crippen MR) is 219 cm³/mol. The van der Waals surface area contributed by atoms with Crippen molar-refractivity contribution in [2.24, 2.45) is 5.41 Å². The van der Waals surface area contributed by atoms with Gasteiger partial charge in [-0.1, -0.05) is 83.1 Å². The molecule has 0 saturated heterocycles. The summed E-state index contributed by atoms with van der Waals surface area (Å²) in [5.41, 5.74) is 2.40. The van der Waals surface area contributed by atoms with E-state index < -0.39 is 27.0 Å². The van der Waals surface area contributed by atoms with Gasteiger partial charge < -0.3 is 24.0 Å². The Labute approximate surface area is 332 Å². The molecule has 5 aromatic carbocycles. The molecule has 1 aliphatic rings. The van der Waals surface area contributed by atoms with Crippen molar-refractivity contribution in [3.8, 4) is 34.1 Å². The lowest BCUT2D eigenvalue weighted by Gasteiger charge is -2.33. The Kier molecular flexibility index (Phi) is 10.3. The highest BCUT2D eigenvalue weighted by atomic mass is 32.2. The maximum absolute atomic E-state index is 14.5. The van der Waals surface area contributed by atoms with Crippen molar-refractivity contribution in [1.29, 1.82) is 0 Å². The van der Waals surface area contributed by atoms with Gasteiger partial charge in [0.1, 0.15) is 12.4 Å². The van der Waals surface area contributed by atoms with E-state index in [0.29, 0.717) is 33.5 Å². The van der Waals surface area contributed by atoms with Crippen LogP contribution < -0.4 is 24.5 Å². The SMILES string of the molecule is CC(C)(C)CC(C)(C)c1ccc(Oc2cc(Nc3ccc(S(=O)(=O)O)cc3)c3c4c(c(COc5ccccc5)c(=O)[nH]c24)-c2ccccc2C3=O)c(OS(=O)O)c1. The highest BCUT2D eigenvalue weighted by Crippen LogP contribution is 2.48. The van der Waals surface area contributed by atoms with Gasteiger partial charge in [0, 0.05) is 28.3 Å². The van der Waals surface area contributed by atoms with E-state index in [1.165, 1.54) is 30.3 Å². The number of carbonyl (C=O) groups excluding carboxylic acids is 1. The lowest BCUT2D eigenvalue weighted by atomic mass is 9.72. The van der Waals surface area contributed by atoms with Gasteiger partial charge >= 0.3 is 11.4 Å². The van der Waals surface area contributed by atoms with Crippen LogP contribution in [0.4, 0.5) is 11.4 Å². The molecule has 0 aliphatic heterocycles. The van der Waals surface area contributed by atoms with Crippen LogP contribution in [0.3, 0.4) is 0 Å². The van der Waals surface area contributed by atoms with Crippen molar-refractivity contribution in [2.45, 2.75) is 58.0 Å². The van der Waals surface area contributed by atoms with Gasteiger partial charge in [-0.05, 0) is 76.9 Å². The number of carbonyl (C=O) groups is 1. The molecule has 0 spiro atoms. The standard InChI is InChI=1S/C43H40N2O10S2/c1-42(2,3)24-43(4,5)25-15-20-33(34(21-25)55-56(48)49)54-35-22-32(44-26-16-18-28(19-17-26)57(50,51)52)37-38-36(29-13-9-10-14-30(29)40(37)46)31(41(47)45-39(35)38)23-53-27-11-7-6-8-12-27/h6-22,44H,23-24H2,1-5H3,(H,45,47)(H,48,49)(H,50,51,52). The minimum absolute atomic E-state index is 0.0353. The number of pyridine rings is 1. The van der Waals surface area contributed by atoms with E-state index in [9.17, 15) is 31.3 Å². The maximum Gasteiger partial charge on any atom is 0.357 e. The lowest BCUT2D eigenvalue weighted by Crippen LogP contribution is -2.24. The van der Waals surface area contributed by atoms with Crippen molar-refractivity contribution < 1.29 is 40.2 Å². The van der Waals surface area contributed by atoms with Gasteiger partial charge in [0.2, 0.25) is 0 Å². The van der Waals surface area contributed by atoms with Crippen molar-refractivity contribution in [2.75, 3.05) is 5.32 Å². The summed E-state index contributed by atoms with van der Waals surface area (Å²) in [6.45, 7) is 10.4. The molecule has 1 heterocycles. The smallest absolute Gasteiger partial charge is 0.357 e. The second kappa shape index (κ2) is 14.9. The van der Waals surface area contributed by atoms with Crippen LogP contribution in [0.2, 0.25) is 0 Å². The zero-order valence-electron chi connectivity index (χ0n) is 31.7. The molecule has 7 rings (SSSR count). The summed E-state index contributed by atoms with van der Waals surface area (Å²) in [6.07, 6.45) is 0.782. The van der Waals surface area contributed by atoms with Crippen LogP contribution >= 0.6 is 0 Å². The Morgan fingerprint density at radius 3 is 2.11 bits per heavy atom. The highest BCUT2D eigenvalue weighted by Gasteiger charge is 2.34. The summed E-state index contributed by atoms with van der Waals surface area (Å²) >= 11 is -2.73. The average molecular weight is 809 g/mol. The fourth-order valence-electron chi connectivity index (χ4n) is 7.61. The normalized spacial score (nSPS) is 13.2. The molecule has 4 N–H and O–H groups in total. The first-order chi connectivity index (χ1) is 26.9. The number of hydrogen-bond donors (Lipinski definition) is 4. The summed E-state index contributed by atoms with van der Waals surface area (Å²) in [5, 5.41) is 3.55. The number of ether oxygens (including phenoxy) is 2. The number of para-hydroxylation sites is 1. The van der Waals surface area contributed by atoms with Crippen molar-refractivity contribution in [3.05, 3.63) is 136 Å². The molecular formula is C43H40N2O10S2. The molecule has 57 heavy (non-hydrogen) atoms. The third-order valence-corrected chi connectivity index (χ3v) is 10.8. The largest absolute Gasteiger partial charge is 0.489 e. The monoisotopic (exact) mass is 808 g/mol. The molecule has 1 aliphatic carbocycles. The molecule has 0 fully saturated rings. The molecule has 1 atom stereocenters. The molecular weight excluding hydrogens is 769 g/mol. The van der Waals surface area contributed by atoms with Crippen LogP contribution in [0, 0.1) is 5.41 Å². The first kappa shape index (κ1) is 39.4. The van der Waals surface area contributed by atoms with Gasteiger partial charge in [-0.2, -0.15) is 12.6 Å². The first-order valence-electron chi connectivity index (χ1n) is 17.9. The van der Waals surface area contributed by atoms with Gasteiger partial charge in [0.05, 0.1) is 27.2 Å². The zero-order valence-corrected chi connectivity index (χ0v) is 33.3. The van der Waals surface area contributed by atoms with Crippen LogP contribution in [0.15, 0.2) is 113 Å². The Bertz CT molecular complexity index is 2740. The summed E-state index contributed by atoms with van der Waals surface area (Å²) < 4.78 is 73.2. The van der Waals surface area contributed by atoms with Gasteiger partial charge in [-0.25, -0.2) is 0 Å². The molecule has 12 nitrogen and oxygen atoms in total. The van der Waals surface area contributed by atoms with Gasteiger partial charge in [-0.3, -0.25) is 18.7 Å². The highest BCUT2D eigenvalue weighted by molar-refractivity contribution is 7.85. The molecule has 0 amide bonds. The number of nitrogens with one attached hydrogen (secondary N) is 2. The molecule has 0 bridgehead atoms. The molecule has 0 saturated carbocycles. The Hall–Kier alpha value is -5.80. The fourth-order valence-corrected chi connectivity index (χ4v) is 8.37. The van der Waals surface area contributed by atoms with Gasteiger partial charge in [0.15, 0.2) is 23.0 Å².